The number of ether oxygens (including phenoxy) is 1. The van der Waals surface area contributed by atoms with Crippen LogP contribution in [-0.2, 0) is 33.0 Å². The van der Waals surface area contributed by atoms with E-state index in [0.717, 1.165) is 19.3 Å². The van der Waals surface area contributed by atoms with Gasteiger partial charge in [-0.1, -0.05) is 6.42 Å². The van der Waals surface area contributed by atoms with E-state index >= 15 is 8.78 Å². The van der Waals surface area contributed by atoms with Crippen molar-refractivity contribution in [2.75, 3.05) is 4.72 Å². The molecule has 0 aliphatic heterocycles. The zero-order chi connectivity index (χ0) is 38.7. The highest BCUT2D eigenvalue weighted by atomic mass is 32.2. The van der Waals surface area contributed by atoms with E-state index in [9.17, 15) is 22.8 Å². The second-order valence-corrected chi connectivity index (χ2v) is 14.5. The van der Waals surface area contributed by atoms with Crippen LogP contribution < -0.4 is 15.6 Å². The normalized spacial score (nSPS) is 14.0. The monoisotopic (exact) mass is 769 g/mol. The molecule has 1 aromatic carbocycles. The van der Waals surface area contributed by atoms with Crippen molar-refractivity contribution in [1.82, 2.24) is 39.6 Å². The molecule has 5 aromatic heterocycles. The van der Waals surface area contributed by atoms with Gasteiger partial charge >= 0.3 is 5.97 Å². The second kappa shape index (κ2) is 15.5. The third-order valence-corrected chi connectivity index (χ3v) is 10.5. The first-order valence-electron chi connectivity index (χ1n) is 17.2. The van der Waals surface area contributed by atoms with Gasteiger partial charge in [-0.05, 0) is 62.1 Å². The van der Waals surface area contributed by atoms with Gasteiger partial charge in [0.1, 0.15) is 30.1 Å². The lowest BCUT2D eigenvalue weighted by molar-refractivity contribution is -0.152. The van der Waals surface area contributed by atoms with Crippen LogP contribution in [0.2, 0.25) is 0 Å². The van der Waals surface area contributed by atoms with E-state index in [1.807, 2.05) is 4.72 Å². The Morgan fingerprint density at radius 2 is 1.69 bits per heavy atom. The van der Waals surface area contributed by atoms with Gasteiger partial charge in [0, 0.05) is 61.1 Å². The number of halogens is 2. The van der Waals surface area contributed by atoms with Crippen molar-refractivity contribution in [1.29, 1.82) is 0 Å². The summed E-state index contributed by atoms with van der Waals surface area (Å²) in [5.41, 5.74) is 0.651. The van der Waals surface area contributed by atoms with Crippen LogP contribution in [0.15, 0.2) is 95.8 Å². The molecule has 1 amide bonds. The summed E-state index contributed by atoms with van der Waals surface area (Å²) in [5.74, 6) is -4.45. The summed E-state index contributed by atoms with van der Waals surface area (Å²) in [6, 6.07) is 7.13. The zero-order valence-electron chi connectivity index (χ0n) is 29.2. The minimum Gasteiger partial charge on any atom is -0.461 e. The van der Waals surface area contributed by atoms with Gasteiger partial charge in [0.05, 0.1) is 40.2 Å². The first kappa shape index (κ1) is 36.9. The highest BCUT2D eigenvalue weighted by Crippen LogP contribution is 2.25. The molecule has 1 saturated carbocycles. The summed E-state index contributed by atoms with van der Waals surface area (Å²) < 4.78 is 67.6. The Balaban J connectivity index is 1.09. The van der Waals surface area contributed by atoms with Gasteiger partial charge in [-0.3, -0.25) is 29.0 Å². The van der Waals surface area contributed by atoms with E-state index in [1.165, 1.54) is 54.1 Å². The van der Waals surface area contributed by atoms with E-state index < -0.39 is 55.9 Å². The van der Waals surface area contributed by atoms with E-state index in [2.05, 4.69) is 30.2 Å². The molecule has 1 aliphatic carbocycles. The van der Waals surface area contributed by atoms with Gasteiger partial charge < -0.3 is 10.1 Å². The molecule has 0 bridgehead atoms. The molecule has 2 N–H and O–H groups in total. The van der Waals surface area contributed by atoms with Crippen LogP contribution in [0.1, 0.15) is 48.2 Å². The molecular weight excluding hydrogens is 737 g/mol. The number of sulfonamides is 1. The van der Waals surface area contributed by atoms with Crippen LogP contribution in [0.4, 0.5) is 14.5 Å². The molecule has 1 atom stereocenters. The van der Waals surface area contributed by atoms with Crippen molar-refractivity contribution in [3.05, 3.63) is 119 Å². The molecule has 1 aliphatic rings. The lowest BCUT2D eigenvalue weighted by Gasteiger charge is -2.25. The largest absolute Gasteiger partial charge is 0.461 e. The fraction of sp³-hybridized carbons (Fsp3) is 0.243. The van der Waals surface area contributed by atoms with Crippen molar-refractivity contribution in [3.63, 3.8) is 0 Å². The van der Waals surface area contributed by atoms with Crippen LogP contribution in [0.25, 0.3) is 27.7 Å². The Labute approximate surface area is 312 Å². The average Bonchev–Trinajstić information content (AvgIpc) is 3.45. The molecule has 5 heterocycles. The number of amides is 1. The third kappa shape index (κ3) is 7.94. The van der Waals surface area contributed by atoms with Crippen molar-refractivity contribution in [3.8, 4) is 16.8 Å². The van der Waals surface area contributed by atoms with Crippen LogP contribution in [-0.4, -0.2) is 66.7 Å². The van der Waals surface area contributed by atoms with E-state index in [0.29, 0.717) is 58.4 Å². The topological polar surface area (TPSA) is 193 Å². The van der Waals surface area contributed by atoms with Crippen LogP contribution >= 0.6 is 0 Å². The lowest BCUT2D eigenvalue weighted by atomic mass is 9.97. The predicted molar refractivity (Wildman–Crippen MR) is 194 cm³/mol. The molecule has 282 valence electrons. The lowest BCUT2D eigenvalue weighted by Crippen LogP contribution is -2.45. The van der Waals surface area contributed by atoms with E-state index in [-0.39, 0.29) is 18.1 Å². The first-order chi connectivity index (χ1) is 26.5. The number of fused-ring (bicyclic) bond motifs is 1. The van der Waals surface area contributed by atoms with Crippen molar-refractivity contribution in [2.24, 2.45) is 7.05 Å². The number of anilines is 1. The Hall–Kier alpha value is -6.43. The standard InChI is InChI=1S/C37H33F2N9O6S/c1-47-33-20-40-12-11-27(33)36(50)48(47)25-9-8-24(43-19-25)13-32(37(51)54-26-5-3-2-4-6-26)45-35(49)28-14-30(39)31(15-29(28)38)46-55(52,53)34-10-7-22(18-44-34)23-16-41-21-42-17-23/h7-12,14-21,26,32,46H,2-6,13H2,1H3,(H,45,49)/t32-/m0/s1. The number of esters is 1. The molecule has 0 saturated heterocycles. The molecule has 7 rings (SSSR count). The van der Waals surface area contributed by atoms with Crippen molar-refractivity contribution >= 4 is 38.5 Å². The predicted octanol–water partition coefficient (Wildman–Crippen LogP) is 4.27. The summed E-state index contributed by atoms with van der Waals surface area (Å²) in [5, 5.41) is 2.44. The summed E-state index contributed by atoms with van der Waals surface area (Å²) in [6.07, 6.45) is 13.6. The second-order valence-electron chi connectivity index (χ2n) is 12.9. The maximum absolute atomic E-state index is 15.4. The third-order valence-electron chi connectivity index (χ3n) is 9.21. The maximum atomic E-state index is 15.4. The number of aryl methyl sites for hydroxylation is 1. The maximum Gasteiger partial charge on any atom is 0.329 e. The Morgan fingerprint density at radius 3 is 2.38 bits per heavy atom. The number of benzene rings is 1. The number of carbonyl (C=O) groups is 2. The fourth-order valence-electron chi connectivity index (χ4n) is 6.36. The highest BCUT2D eigenvalue weighted by Gasteiger charge is 2.29. The molecule has 15 nitrogen and oxygen atoms in total. The van der Waals surface area contributed by atoms with E-state index in [1.54, 1.807) is 36.1 Å². The van der Waals surface area contributed by atoms with Gasteiger partial charge in [0.25, 0.3) is 21.5 Å². The summed E-state index contributed by atoms with van der Waals surface area (Å²) in [4.78, 5) is 60.2. The van der Waals surface area contributed by atoms with Gasteiger partial charge in [0.15, 0.2) is 5.03 Å². The molecule has 0 unspecified atom stereocenters. The van der Waals surface area contributed by atoms with Crippen LogP contribution in [0, 0.1) is 11.6 Å². The summed E-state index contributed by atoms with van der Waals surface area (Å²) in [7, 11) is -2.78. The number of nitrogens with one attached hydrogen (secondary N) is 2. The van der Waals surface area contributed by atoms with Gasteiger partial charge in [-0.25, -0.2) is 33.2 Å². The Bertz CT molecular complexity index is 2540. The first-order valence-corrected chi connectivity index (χ1v) is 18.7. The van der Waals surface area contributed by atoms with Gasteiger partial charge in [-0.2, -0.15) is 8.42 Å². The molecule has 6 aromatic rings. The van der Waals surface area contributed by atoms with Crippen LogP contribution in [0.3, 0.4) is 0 Å². The van der Waals surface area contributed by atoms with Gasteiger partial charge in [-0.15, -0.1) is 0 Å². The number of pyridine rings is 3. The minimum absolute atomic E-state index is 0.184. The summed E-state index contributed by atoms with van der Waals surface area (Å²) >= 11 is 0. The highest BCUT2D eigenvalue weighted by molar-refractivity contribution is 7.92. The Morgan fingerprint density at radius 1 is 0.909 bits per heavy atom. The molecule has 0 radical (unpaired) electrons. The van der Waals surface area contributed by atoms with Gasteiger partial charge in [0.2, 0.25) is 0 Å². The molecule has 0 spiro atoms. The number of hydrogen-bond acceptors (Lipinski definition) is 11. The molecular formula is C37H33F2N9O6S. The average molecular weight is 770 g/mol. The smallest absolute Gasteiger partial charge is 0.329 e. The van der Waals surface area contributed by atoms with Crippen LogP contribution in [0.5, 0.6) is 0 Å². The Kier molecular flexibility index (Phi) is 10.4. The quantitative estimate of drug-likeness (QED) is 0.179. The van der Waals surface area contributed by atoms with Crippen molar-refractivity contribution in [2.45, 2.75) is 55.7 Å². The van der Waals surface area contributed by atoms with E-state index in [4.69, 9.17) is 4.74 Å². The minimum atomic E-state index is -4.49. The number of rotatable bonds is 11. The number of nitrogens with zero attached hydrogens (tertiary/aromatic N) is 7. The number of hydrogen-bond donors (Lipinski definition) is 2. The molecule has 1 fully saturated rings. The molecule has 18 heteroatoms. The SMILES string of the molecule is Cn1c2cnccc2c(=O)n1-c1ccc(C[C@H](NC(=O)c2cc(F)c(NS(=O)(=O)c3ccc(-c4cncnc4)cn3)cc2F)C(=O)OC2CCCCC2)nc1. The molecule has 55 heavy (non-hydrogen) atoms. The number of aromatic nitrogens is 7. The fourth-order valence-corrected chi connectivity index (χ4v) is 7.35. The zero-order valence-corrected chi connectivity index (χ0v) is 30.0. The van der Waals surface area contributed by atoms with Crippen molar-refractivity contribution < 1.29 is 31.5 Å². The summed E-state index contributed by atoms with van der Waals surface area (Å²) in [6.45, 7) is 0. The number of carbonyl (C=O) groups excluding carboxylic acids is 2.